The van der Waals surface area contributed by atoms with Gasteiger partial charge < -0.3 is 9.64 Å². The molecular formula is C21H20ClN3O2. The minimum Gasteiger partial charge on any atom is -0.486 e. The Morgan fingerprint density at radius 3 is 2.85 bits per heavy atom. The molecular weight excluding hydrogens is 362 g/mol. The van der Waals surface area contributed by atoms with Crippen LogP contribution in [0.5, 0.6) is 5.75 Å². The third-order valence-corrected chi connectivity index (χ3v) is 4.99. The number of nitrogens with zero attached hydrogens (tertiary/aromatic N) is 2. The van der Waals surface area contributed by atoms with Crippen molar-refractivity contribution in [1.29, 1.82) is 0 Å². The van der Waals surface area contributed by atoms with Crippen molar-refractivity contribution in [2.75, 3.05) is 13.6 Å². The van der Waals surface area contributed by atoms with E-state index in [1.54, 1.807) is 6.07 Å². The predicted molar refractivity (Wildman–Crippen MR) is 106 cm³/mol. The molecule has 0 saturated heterocycles. The lowest BCUT2D eigenvalue weighted by Crippen LogP contribution is -2.18. The summed E-state index contributed by atoms with van der Waals surface area (Å²) in [6.45, 7) is 1.77. The van der Waals surface area contributed by atoms with E-state index in [0.29, 0.717) is 5.02 Å². The largest absolute Gasteiger partial charge is 0.486 e. The average Bonchev–Trinajstić information content (AvgIpc) is 2.80. The number of hydrogen-bond donors (Lipinski definition) is 1. The zero-order valence-corrected chi connectivity index (χ0v) is 15.7. The first-order valence-electron chi connectivity index (χ1n) is 8.88. The molecule has 0 bridgehead atoms. The van der Waals surface area contributed by atoms with Gasteiger partial charge in [-0.15, -0.1) is 0 Å². The van der Waals surface area contributed by atoms with Crippen LogP contribution in [0.15, 0.2) is 59.4 Å². The van der Waals surface area contributed by atoms with Crippen molar-refractivity contribution in [3.63, 3.8) is 0 Å². The van der Waals surface area contributed by atoms with Crippen molar-refractivity contribution in [2.24, 2.45) is 0 Å². The fourth-order valence-electron chi connectivity index (χ4n) is 3.41. The first kappa shape index (κ1) is 17.8. The Kier molecular flexibility index (Phi) is 4.97. The molecule has 0 saturated carbocycles. The molecule has 4 rings (SSSR count). The van der Waals surface area contributed by atoms with Gasteiger partial charge in [-0.3, -0.25) is 4.79 Å². The number of hydrogen-bond acceptors (Lipinski definition) is 4. The standard InChI is InChI=1S/C21H20ClN3O2/c1-25-10-9-20(27-17-4-2-3-16(22)12-17)18-6-5-14(11-15(18)13-25)19-7-8-21(26)24-23-19/h2-8,11-12,20H,9-10,13H2,1H3,(H,24,26). The van der Waals surface area contributed by atoms with Crippen LogP contribution in [0.25, 0.3) is 11.3 Å². The molecule has 0 amide bonds. The number of fused-ring (bicyclic) bond motifs is 1. The lowest BCUT2D eigenvalue weighted by atomic mass is 9.97. The van der Waals surface area contributed by atoms with Gasteiger partial charge in [-0.25, -0.2) is 5.10 Å². The van der Waals surface area contributed by atoms with E-state index < -0.39 is 0 Å². The number of aromatic amines is 1. The van der Waals surface area contributed by atoms with E-state index in [1.807, 2.05) is 30.3 Å². The molecule has 2 aromatic carbocycles. The second kappa shape index (κ2) is 7.55. The van der Waals surface area contributed by atoms with Crippen LogP contribution in [0, 0.1) is 0 Å². The van der Waals surface area contributed by atoms with Crippen molar-refractivity contribution in [2.45, 2.75) is 19.1 Å². The highest BCUT2D eigenvalue weighted by Crippen LogP contribution is 2.33. The van der Waals surface area contributed by atoms with Gasteiger partial charge in [0.15, 0.2) is 0 Å². The molecule has 1 aliphatic heterocycles. The van der Waals surface area contributed by atoms with Gasteiger partial charge in [-0.2, -0.15) is 5.10 Å². The van der Waals surface area contributed by atoms with Gasteiger partial charge in [0.25, 0.3) is 5.56 Å². The van der Waals surface area contributed by atoms with Gasteiger partial charge in [0.05, 0.1) is 5.69 Å². The maximum absolute atomic E-state index is 11.3. The summed E-state index contributed by atoms with van der Waals surface area (Å²) >= 11 is 6.10. The highest BCUT2D eigenvalue weighted by Gasteiger charge is 2.23. The van der Waals surface area contributed by atoms with Gasteiger partial charge in [-0.1, -0.05) is 29.8 Å². The molecule has 1 aromatic heterocycles. The van der Waals surface area contributed by atoms with Gasteiger partial charge in [0.2, 0.25) is 0 Å². The topological polar surface area (TPSA) is 58.2 Å². The predicted octanol–water partition coefficient (Wildman–Crippen LogP) is 4.05. The molecule has 0 fully saturated rings. The van der Waals surface area contributed by atoms with Crippen molar-refractivity contribution >= 4 is 11.6 Å². The van der Waals surface area contributed by atoms with E-state index in [0.717, 1.165) is 36.5 Å². The monoisotopic (exact) mass is 381 g/mol. The van der Waals surface area contributed by atoms with Gasteiger partial charge in [0.1, 0.15) is 11.9 Å². The average molecular weight is 382 g/mol. The molecule has 0 spiro atoms. The maximum Gasteiger partial charge on any atom is 0.264 e. The molecule has 0 radical (unpaired) electrons. The number of halogens is 1. The minimum absolute atomic E-state index is 0.0407. The van der Waals surface area contributed by atoms with E-state index in [1.165, 1.54) is 17.2 Å². The van der Waals surface area contributed by atoms with Crippen LogP contribution >= 0.6 is 11.6 Å². The summed E-state index contributed by atoms with van der Waals surface area (Å²) in [6.07, 6.45) is 0.854. The third kappa shape index (κ3) is 4.04. The molecule has 0 aliphatic carbocycles. The SMILES string of the molecule is CN1CCC(Oc2cccc(Cl)c2)c2ccc(-c3ccc(=O)[nH]n3)cc2C1. The summed E-state index contributed by atoms with van der Waals surface area (Å²) in [5.74, 6) is 0.773. The zero-order chi connectivity index (χ0) is 18.8. The second-order valence-electron chi connectivity index (χ2n) is 6.81. The summed E-state index contributed by atoms with van der Waals surface area (Å²) in [5.41, 5.74) is 3.89. The molecule has 6 heteroatoms. The minimum atomic E-state index is -0.205. The third-order valence-electron chi connectivity index (χ3n) is 4.75. The Hall–Kier alpha value is -2.63. The van der Waals surface area contributed by atoms with E-state index >= 15 is 0 Å². The summed E-state index contributed by atoms with van der Waals surface area (Å²) in [4.78, 5) is 13.5. The van der Waals surface area contributed by atoms with Crippen LogP contribution in [-0.2, 0) is 6.54 Å². The quantitative estimate of drug-likeness (QED) is 0.743. The van der Waals surface area contributed by atoms with Crippen molar-refractivity contribution < 1.29 is 4.74 Å². The van der Waals surface area contributed by atoms with Gasteiger partial charge >= 0.3 is 0 Å². The van der Waals surface area contributed by atoms with Crippen LogP contribution in [0.4, 0.5) is 0 Å². The molecule has 27 heavy (non-hydrogen) atoms. The Morgan fingerprint density at radius 1 is 1.19 bits per heavy atom. The number of H-pyrrole nitrogens is 1. The van der Waals surface area contributed by atoms with Crippen LogP contribution < -0.4 is 10.3 Å². The Morgan fingerprint density at radius 2 is 2.07 bits per heavy atom. The van der Waals surface area contributed by atoms with Crippen molar-refractivity contribution in [3.8, 4) is 17.0 Å². The van der Waals surface area contributed by atoms with Crippen LogP contribution in [0.2, 0.25) is 5.02 Å². The maximum atomic E-state index is 11.3. The van der Waals surface area contributed by atoms with Gasteiger partial charge in [0, 0.05) is 36.2 Å². The molecule has 3 aromatic rings. The van der Waals surface area contributed by atoms with Crippen molar-refractivity contribution in [1.82, 2.24) is 15.1 Å². The molecule has 1 aliphatic rings. The molecule has 5 nitrogen and oxygen atoms in total. The van der Waals surface area contributed by atoms with Crippen LogP contribution in [-0.4, -0.2) is 28.7 Å². The Bertz CT molecular complexity index is 998. The smallest absolute Gasteiger partial charge is 0.264 e. The molecule has 1 unspecified atom stereocenters. The highest BCUT2D eigenvalue weighted by atomic mass is 35.5. The molecule has 2 heterocycles. The first-order chi connectivity index (χ1) is 13.1. The lowest BCUT2D eigenvalue weighted by molar-refractivity contribution is 0.182. The summed E-state index contributed by atoms with van der Waals surface area (Å²) < 4.78 is 6.28. The highest BCUT2D eigenvalue weighted by molar-refractivity contribution is 6.30. The van der Waals surface area contributed by atoms with Crippen LogP contribution in [0.1, 0.15) is 23.7 Å². The number of aromatic nitrogens is 2. The normalized spacial score (nSPS) is 17.2. The summed E-state index contributed by atoms with van der Waals surface area (Å²) in [6, 6.07) is 17.0. The number of nitrogens with one attached hydrogen (secondary N) is 1. The van der Waals surface area contributed by atoms with E-state index in [2.05, 4.69) is 34.3 Å². The van der Waals surface area contributed by atoms with Crippen LogP contribution in [0.3, 0.4) is 0 Å². The fraction of sp³-hybridized carbons (Fsp3) is 0.238. The molecule has 1 atom stereocenters. The molecule has 138 valence electrons. The van der Waals surface area contributed by atoms with E-state index in [-0.39, 0.29) is 11.7 Å². The number of benzene rings is 2. The van der Waals surface area contributed by atoms with E-state index in [9.17, 15) is 4.79 Å². The van der Waals surface area contributed by atoms with Crippen molar-refractivity contribution in [3.05, 3.63) is 81.1 Å². The van der Waals surface area contributed by atoms with E-state index in [4.69, 9.17) is 16.3 Å². The first-order valence-corrected chi connectivity index (χ1v) is 9.26. The van der Waals surface area contributed by atoms with Gasteiger partial charge in [-0.05, 0) is 48.5 Å². The lowest BCUT2D eigenvalue weighted by Gasteiger charge is -2.20. The zero-order valence-electron chi connectivity index (χ0n) is 15.0. The number of rotatable bonds is 3. The summed E-state index contributed by atoms with van der Waals surface area (Å²) in [7, 11) is 2.11. The summed E-state index contributed by atoms with van der Waals surface area (Å²) in [5, 5.41) is 7.30. The fourth-order valence-corrected chi connectivity index (χ4v) is 3.59. The second-order valence-corrected chi connectivity index (χ2v) is 7.25. The Labute approximate surface area is 162 Å². The number of ether oxygens (including phenoxy) is 1. The molecule has 1 N–H and O–H groups in total. The Balaban J connectivity index is 1.69.